The van der Waals surface area contributed by atoms with Gasteiger partial charge in [-0.05, 0) is 17.7 Å². The molecule has 1 unspecified atom stereocenters. The average molecular weight is 247 g/mol. The van der Waals surface area contributed by atoms with Crippen molar-refractivity contribution in [1.29, 1.82) is 0 Å². The Morgan fingerprint density at radius 2 is 1.53 bits per heavy atom. The van der Waals surface area contributed by atoms with Crippen LogP contribution >= 0.6 is 0 Å². The fourth-order valence-corrected chi connectivity index (χ4v) is 1.53. The van der Waals surface area contributed by atoms with Crippen molar-refractivity contribution in [3.05, 3.63) is 35.4 Å². The molecule has 0 radical (unpaired) electrons. The van der Waals surface area contributed by atoms with E-state index in [1.807, 2.05) is 0 Å². The summed E-state index contributed by atoms with van der Waals surface area (Å²) in [6.45, 7) is 3.36. The summed E-state index contributed by atoms with van der Waals surface area (Å²) in [6, 6.07) is 4.35. The highest BCUT2D eigenvalue weighted by Crippen LogP contribution is 2.32. The Balaban J connectivity index is 3.03. The lowest BCUT2D eigenvalue weighted by molar-refractivity contribution is -0.137. The van der Waals surface area contributed by atoms with Crippen molar-refractivity contribution in [3.63, 3.8) is 0 Å². The molecule has 0 saturated heterocycles. The zero-order valence-corrected chi connectivity index (χ0v) is 9.75. The number of aliphatic hydroxyl groups excluding tert-OH is 1. The van der Waals surface area contributed by atoms with E-state index in [-0.39, 0.29) is 6.61 Å². The summed E-state index contributed by atoms with van der Waals surface area (Å²) in [5, 5.41) is 9.01. The largest absolute Gasteiger partial charge is 0.416 e. The molecule has 17 heavy (non-hydrogen) atoms. The molecule has 1 rings (SSSR count). The molecule has 2 nitrogen and oxygen atoms in total. The van der Waals surface area contributed by atoms with Gasteiger partial charge in [-0.1, -0.05) is 26.0 Å². The van der Waals surface area contributed by atoms with Crippen LogP contribution in [0.15, 0.2) is 24.3 Å². The van der Waals surface area contributed by atoms with Gasteiger partial charge in [0.25, 0.3) is 0 Å². The topological polar surface area (TPSA) is 46.2 Å². The fourth-order valence-electron chi connectivity index (χ4n) is 1.53. The van der Waals surface area contributed by atoms with Gasteiger partial charge in [-0.15, -0.1) is 0 Å². The summed E-state index contributed by atoms with van der Waals surface area (Å²) in [7, 11) is 0. The molecular weight excluding hydrogens is 231 g/mol. The van der Waals surface area contributed by atoms with E-state index >= 15 is 0 Å². The third kappa shape index (κ3) is 2.98. The Morgan fingerprint density at radius 3 is 1.88 bits per heavy atom. The van der Waals surface area contributed by atoms with Crippen molar-refractivity contribution >= 4 is 0 Å². The van der Waals surface area contributed by atoms with Crippen LogP contribution in [0.2, 0.25) is 0 Å². The molecule has 1 atom stereocenters. The number of hydrogen-bond donors (Lipinski definition) is 2. The van der Waals surface area contributed by atoms with Gasteiger partial charge in [0, 0.05) is 11.5 Å². The Bertz CT molecular complexity index is 370. The van der Waals surface area contributed by atoms with Crippen LogP contribution in [-0.4, -0.2) is 17.8 Å². The minimum Gasteiger partial charge on any atom is -0.395 e. The first-order valence-corrected chi connectivity index (χ1v) is 5.23. The number of rotatable bonds is 3. The third-order valence-electron chi connectivity index (χ3n) is 3.08. The SMILES string of the molecule is CC(C)(c1ccc(C(F)(F)F)cc1)C(N)CO. The van der Waals surface area contributed by atoms with Crippen LogP contribution in [0.3, 0.4) is 0 Å². The summed E-state index contributed by atoms with van der Waals surface area (Å²) in [5.74, 6) is 0. The average Bonchev–Trinajstić information content (AvgIpc) is 2.27. The molecule has 0 spiro atoms. The number of alkyl halides is 3. The van der Waals surface area contributed by atoms with E-state index in [2.05, 4.69) is 0 Å². The van der Waals surface area contributed by atoms with Gasteiger partial charge in [0.1, 0.15) is 0 Å². The first-order chi connectivity index (χ1) is 7.69. The number of aliphatic hydroxyl groups is 1. The zero-order valence-electron chi connectivity index (χ0n) is 9.75. The van der Waals surface area contributed by atoms with Crippen molar-refractivity contribution in [3.8, 4) is 0 Å². The fraction of sp³-hybridized carbons (Fsp3) is 0.500. The Hall–Kier alpha value is -1.07. The molecule has 0 aromatic heterocycles. The molecule has 0 aliphatic rings. The van der Waals surface area contributed by atoms with E-state index in [1.54, 1.807) is 13.8 Å². The second-order valence-corrected chi connectivity index (χ2v) is 4.59. The second kappa shape index (κ2) is 4.66. The highest BCUT2D eigenvalue weighted by molar-refractivity contribution is 5.30. The summed E-state index contributed by atoms with van der Waals surface area (Å²) < 4.78 is 37.1. The number of hydrogen-bond acceptors (Lipinski definition) is 2. The van der Waals surface area contributed by atoms with E-state index in [9.17, 15) is 13.2 Å². The van der Waals surface area contributed by atoms with Gasteiger partial charge in [0.2, 0.25) is 0 Å². The molecule has 0 bridgehead atoms. The lowest BCUT2D eigenvalue weighted by Crippen LogP contribution is -2.43. The molecule has 5 heteroatoms. The van der Waals surface area contributed by atoms with Crippen molar-refractivity contribution in [1.82, 2.24) is 0 Å². The van der Waals surface area contributed by atoms with Crippen LogP contribution in [0.25, 0.3) is 0 Å². The smallest absolute Gasteiger partial charge is 0.395 e. The molecule has 0 amide bonds. The Labute approximate surface area is 98.3 Å². The lowest BCUT2D eigenvalue weighted by atomic mass is 9.78. The van der Waals surface area contributed by atoms with E-state index in [4.69, 9.17) is 10.8 Å². The predicted octanol–water partition coefficient (Wildman–Crippen LogP) is 2.30. The lowest BCUT2D eigenvalue weighted by Gasteiger charge is -2.31. The maximum absolute atomic E-state index is 12.4. The predicted molar refractivity (Wildman–Crippen MR) is 59.5 cm³/mol. The van der Waals surface area contributed by atoms with Crippen LogP contribution in [0.4, 0.5) is 13.2 Å². The molecule has 1 aromatic carbocycles. The minimum atomic E-state index is -4.33. The number of halogens is 3. The molecule has 0 saturated carbocycles. The van der Waals surface area contributed by atoms with Crippen molar-refractivity contribution in [2.24, 2.45) is 5.73 Å². The van der Waals surface area contributed by atoms with Gasteiger partial charge in [0.15, 0.2) is 0 Å². The van der Waals surface area contributed by atoms with Gasteiger partial charge < -0.3 is 10.8 Å². The molecular formula is C12H16F3NO. The van der Waals surface area contributed by atoms with E-state index in [0.29, 0.717) is 5.56 Å². The number of benzene rings is 1. The molecule has 0 heterocycles. The first kappa shape index (κ1) is 14.0. The van der Waals surface area contributed by atoms with E-state index < -0.39 is 23.2 Å². The number of nitrogens with two attached hydrogens (primary N) is 1. The standard InChI is InChI=1S/C12H16F3NO/c1-11(2,10(16)7-17)8-3-5-9(6-4-8)12(13,14)15/h3-6,10,17H,7,16H2,1-2H3. The van der Waals surface area contributed by atoms with Gasteiger partial charge >= 0.3 is 6.18 Å². The van der Waals surface area contributed by atoms with E-state index in [0.717, 1.165) is 12.1 Å². The molecule has 0 aliphatic heterocycles. The van der Waals surface area contributed by atoms with Gasteiger partial charge in [-0.3, -0.25) is 0 Å². The van der Waals surface area contributed by atoms with Crippen molar-refractivity contribution in [2.45, 2.75) is 31.5 Å². The summed E-state index contributed by atoms with van der Waals surface area (Å²) >= 11 is 0. The van der Waals surface area contributed by atoms with Crippen molar-refractivity contribution in [2.75, 3.05) is 6.61 Å². The molecule has 0 aliphatic carbocycles. The summed E-state index contributed by atoms with van der Waals surface area (Å²) in [5.41, 5.74) is 5.15. The second-order valence-electron chi connectivity index (χ2n) is 4.59. The van der Waals surface area contributed by atoms with Crippen LogP contribution in [-0.2, 0) is 11.6 Å². The highest BCUT2D eigenvalue weighted by Gasteiger charge is 2.32. The highest BCUT2D eigenvalue weighted by atomic mass is 19.4. The Kier molecular flexibility index (Phi) is 3.84. The van der Waals surface area contributed by atoms with Crippen LogP contribution in [0.5, 0.6) is 0 Å². The Morgan fingerprint density at radius 1 is 1.12 bits per heavy atom. The van der Waals surface area contributed by atoms with Crippen LogP contribution < -0.4 is 5.73 Å². The molecule has 0 fully saturated rings. The van der Waals surface area contributed by atoms with E-state index in [1.165, 1.54) is 12.1 Å². The summed E-state index contributed by atoms with van der Waals surface area (Å²) in [6.07, 6.45) is -4.33. The monoisotopic (exact) mass is 247 g/mol. The van der Waals surface area contributed by atoms with Gasteiger partial charge in [-0.25, -0.2) is 0 Å². The zero-order chi connectivity index (χ0) is 13.3. The van der Waals surface area contributed by atoms with Crippen molar-refractivity contribution < 1.29 is 18.3 Å². The quantitative estimate of drug-likeness (QED) is 0.861. The van der Waals surface area contributed by atoms with Crippen LogP contribution in [0, 0.1) is 0 Å². The third-order valence-corrected chi connectivity index (χ3v) is 3.08. The molecule has 96 valence electrons. The van der Waals surface area contributed by atoms with Gasteiger partial charge in [-0.2, -0.15) is 13.2 Å². The molecule has 3 N–H and O–H groups in total. The maximum atomic E-state index is 12.4. The minimum absolute atomic E-state index is 0.214. The van der Waals surface area contributed by atoms with Gasteiger partial charge in [0.05, 0.1) is 12.2 Å². The normalized spacial score (nSPS) is 14.8. The molecule has 1 aromatic rings. The first-order valence-electron chi connectivity index (χ1n) is 5.23. The summed E-state index contributed by atoms with van der Waals surface area (Å²) in [4.78, 5) is 0. The van der Waals surface area contributed by atoms with Crippen LogP contribution in [0.1, 0.15) is 25.0 Å². The maximum Gasteiger partial charge on any atom is 0.416 e.